The second-order valence-electron chi connectivity index (χ2n) is 5.11. The van der Waals surface area contributed by atoms with Crippen LogP contribution in [0.2, 0.25) is 0 Å². The van der Waals surface area contributed by atoms with Gasteiger partial charge >= 0.3 is 0 Å². The molecule has 1 unspecified atom stereocenters. The summed E-state index contributed by atoms with van der Waals surface area (Å²) in [6.07, 6.45) is 4.75. The van der Waals surface area contributed by atoms with E-state index in [4.69, 9.17) is 10.5 Å². The number of methoxy groups -OCH3 is 1. The highest BCUT2D eigenvalue weighted by molar-refractivity contribution is 5.81. The molecule has 3 N–H and O–H groups in total. The molecule has 0 heterocycles. The molecule has 1 amide bonds. The van der Waals surface area contributed by atoms with Crippen molar-refractivity contribution in [2.75, 3.05) is 34.4 Å². The van der Waals surface area contributed by atoms with Gasteiger partial charge in [-0.25, -0.2) is 0 Å². The lowest BCUT2D eigenvalue weighted by Crippen LogP contribution is -2.54. The Bertz CT molecular complexity index is 250. The molecule has 100 valence electrons. The van der Waals surface area contributed by atoms with E-state index in [1.165, 1.54) is 12.8 Å². The van der Waals surface area contributed by atoms with Gasteiger partial charge in [0.2, 0.25) is 5.91 Å². The van der Waals surface area contributed by atoms with Crippen LogP contribution >= 0.6 is 0 Å². The van der Waals surface area contributed by atoms with Crippen LogP contribution in [0.1, 0.15) is 25.7 Å². The molecular formula is C12H25N3O2. The molecule has 1 atom stereocenters. The predicted octanol–water partition coefficient (Wildman–Crippen LogP) is -0.0493. The zero-order valence-corrected chi connectivity index (χ0v) is 11.2. The molecule has 0 bridgehead atoms. The Kier molecular flexibility index (Phi) is 5.36. The lowest BCUT2D eigenvalue weighted by Gasteiger charge is -2.36. The molecule has 1 fully saturated rings. The van der Waals surface area contributed by atoms with Crippen molar-refractivity contribution >= 4 is 5.91 Å². The van der Waals surface area contributed by atoms with E-state index in [1.807, 2.05) is 0 Å². The van der Waals surface area contributed by atoms with Gasteiger partial charge in [0.05, 0.1) is 6.61 Å². The SMILES string of the molecule is COCC(N)C(=O)NCC1(N(C)C)CCCC1. The molecule has 1 aliphatic rings. The Balaban J connectivity index is 2.45. The Morgan fingerprint density at radius 1 is 1.47 bits per heavy atom. The lowest BCUT2D eigenvalue weighted by atomic mass is 9.96. The number of carbonyl (C=O) groups is 1. The predicted molar refractivity (Wildman–Crippen MR) is 67.7 cm³/mol. The average Bonchev–Trinajstić information content (AvgIpc) is 2.76. The largest absolute Gasteiger partial charge is 0.383 e. The zero-order valence-electron chi connectivity index (χ0n) is 11.2. The summed E-state index contributed by atoms with van der Waals surface area (Å²) in [4.78, 5) is 13.9. The number of amides is 1. The van der Waals surface area contributed by atoms with Gasteiger partial charge in [-0.05, 0) is 26.9 Å². The summed E-state index contributed by atoms with van der Waals surface area (Å²) in [6, 6.07) is -0.569. The third kappa shape index (κ3) is 3.66. The Morgan fingerprint density at radius 2 is 2.06 bits per heavy atom. The Morgan fingerprint density at radius 3 is 2.53 bits per heavy atom. The fourth-order valence-electron chi connectivity index (χ4n) is 2.45. The van der Waals surface area contributed by atoms with Crippen LogP contribution in [-0.4, -0.2) is 56.7 Å². The number of ether oxygens (including phenoxy) is 1. The van der Waals surface area contributed by atoms with E-state index in [0.717, 1.165) is 12.8 Å². The highest BCUT2D eigenvalue weighted by Crippen LogP contribution is 2.32. The molecule has 0 spiro atoms. The van der Waals surface area contributed by atoms with Gasteiger partial charge in [-0.3, -0.25) is 4.79 Å². The second-order valence-corrected chi connectivity index (χ2v) is 5.11. The van der Waals surface area contributed by atoms with Crippen LogP contribution in [0.4, 0.5) is 0 Å². The van der Waals surface area contributed by atoms with E-state index >= 15 is 0 Å². The molecule has 5 nitrogen and oxygen atoms in total. The fraction of sp³-hybridized carbons (Fsp3) is 0.917. The molecule has 0 aromatic carbocycles. The first kappa shape index (κ1) is 14.4. The highest BCUT2D eigenvalue weighted by Gasteiger charge is 2.36. The van der Waals surface area contributed by atoms with Crippen LogP contribution < -0.4 is 11.1 Å². The van der Waals surface area contributed by atoms with Gasteiger partial charge in [-0.2, -0.15) is 0 Å². The lowest BCUT2D eigenvalue weighted by molar-refractivity contribution is -0.124. The number of carbonyl (C=O) groups excluding carboxylic acids is 1. The van der Waals surface area contributed by atoms with E-state index in [2.05, 4.69) is 24.3 Å². The van der Waals surface area contributed by atoms with Crippen molar-refractivity contribution in [3.63, 3.8) is 0 Å². The maximum atomic E-state index is 11.7. The van der Waals surface area contributed by atoms with Crippen molar-refractivity contribution in [2.24, 2.45) is 5.73 Å². The topological polar surface area (TPSA) is 67.6 Å². The van der Waals surface area contributed by atoms with E-state index in [-0.39, 0.29) is 18.1 Å². The first-order valence-corrected chi connectivity index (χ1v) is 6.21. The highest BCUT2D eigenvalue weighted by atomic mass is 16.5. The number of hydrogen-bond acceptors (Lipinski definition) is 4. The van der Waals surface area contributed by atoms with Crippen molar-refractivity contribution < 1.29 is 9.53 Å². The van der Waals surface area contributed by atoms with Crippen LogP contribution in [0.15, 0.2) is 0 Å². The van der Waals surface area contributed by atoms with Crippen LogP contribution in [0.25, 0.3) is 0 Å². The molecule has 0 aliphatic heterocycles. The smallest absolute Gasteiger partial charge is 0.239 e. The number of nitrogens with zero attached hydrogens (tertiary/aromatic N) is 1. The summed E-state index contributed by atoms with van der Waals surface area (Å²) in [5.41, 5.74) is 5.79. The van der Waals surface area contributed by atoms with Gasteiger partial charge < -0.3 is 20.7 Å². The maximum Gasteiger partial charge on any atom is 0.239 e. The minimum Gasteiger partial charge on any atom is -0.383 e. The molecule has 17 heavy (non-hydrogen) atoms. The van der Waals surface area contributed by atoms with E-state index in [9.17, 15) is 4.79 Å². The Hall–Kier alpha value is -0.650. The third-order valence-corrected chi connectivity index (χ3v) is 3.76. The van der Waals surface area contributed by atoms with Crippen molar-refractivity contribution in [1.82, 2.24) is 10.2 Å². The summed E-state index contributed by atoms with van der Waals surface area (Å²) >= 11 is 0. The number of nitrogens with one attached hydrogen (secondary N) is 1. The molecular weight excluding hydrogens is 218 g/mol. The second kappa shape index (κ2) is 6.33. The monoisotopic (exact) mass is 243 g/mol. The van der Waals surface area contributed by atoms with Gasteiger partial charge in [-0.1, -0.05) is 12.8 Å². The molecule has 5 heteroatoms. The van der Waals surface area contributed by atoms with Gasteiger partial charge in [0.15, 0.2) is 0 Å². The standard InChI is InChI=1S/C12H25N3O2/c1-15(2)12(6-4-5-7-12)9-14-11(16)10(13)8-17-3/h10H,4-9,13H2,1-3H3,(H,14,16). The van der Waals surface area contributed by atoms with Crippen LogP contribution in [-0.2, 0) is 9.53 Å². The number of likely N-dealkylation sites (N-methyl/N-ethyl adjacent to an activating group) is 1. The average molecular weight is 243 g/mol. The molecule has 0 radical (unpaired) electrons. The van der Waals surface area contributed by atoms with E-state index in [1.54, 1.807) is 7.11 Å². The summed E-state index contributed by atoms with van der Waals surface area (Å²) < 4.78 is 4.87. The van der Waals surface area contributed by atoms with Crippen LogP contribution in [0.3, 0.4) is 0 Å². The summed E-state index contributed by atoms with van der Waals surface area (Å²) in [5.74, 6) is -0.125. The van der Waals surface area contributed by atoms with Crippen LogP contribution in [0.5, 0.6) is 0 Å². The first-order chi connectivity index (χ1) is 8.02. The molecule has 0 aromatic rings. The van der Waals surface area contributed by atoms with Crippen molar-refractivity contribution in [2.45, 2.75) is 37.3 Å². The maximum absolute atomic E-state index is 11.7. The van der Waals surface area contributed by atoms with E-state index < -0.39 is 6.04 Å². The number of nitrogens with two attached hydrogens (primary N) is 1. The molecule has 1 rings (SSSR count). The van der Waals surface area contributed by atoms with E-state index in [0.29, 0.717) is 6.54 Å². The third-order valence-electron chi connectivity index (χ3n) is 3.76. The summed E-state index contributed by atoms with van der Waals surface area (Å²) in [5, 5.41) is 2.95. The fourth-order valence-corrected chi connectivity index (χ4v) is 2.45. The minimum absolute atomic E-state index is 0.114. The number of rotatable bonds is 6. The van der Waals surface area contributed by atoms with Crippen LogP contribution in [0, 0.1) is 0 Å². The van der Waals surface area contributed by atoms with Gasteiger partial charge in [0, 0.05) is 19.2 Å². The zero-order chi connectivity index (χ0) is 12.9. The first-order valence-electron chi connectivity index (χ1n) is 6.21. The van der Waals surface area contributed by atoms with Crippen molar-refractivity contribution in [3.8, 4) is 0 Å². The van der Waals surface area contributed by atoms with Gasteiger partial charge in [0.1, 0.15) is 6.04 Å². The number of hydrogen-bond donors (Lipinski definition) is 2. The van der Waals surface area contributed by atoms with Crippen molar-refractivity contribution in [1.29, 1.82) is 0 Å². The normalized spacial score (nSPS) is 20.5. The summed E-state index contributed by atoms with van der Waals surface area (Å²) in [7, 11) is 5.70. The Labute approximate surface area is 104 Å². The van der Waals surface area contributed by atoms with Gasteiger partial charge in [-0.15, -0.1) is 0 Å². The minimum atomic E-state index is -0.569. The van der Waals surface area contributed by atoms with Gasteiger partial charge in [0.25, 0.3) is 0 Å². The quantitative estimate of drug-likeness (QED) is 0.686. The molecule has 1 saturated carbocycles. The van der Waals surface area contributed by atoms with Crippen molar-refractivity contribution in [3.05, 3.63) is 0 Å². The molecule has 0 aromatic heterocycles. The summed E-state index contributed by atoms with van der Waals surface area (Å²) in [6.45, 7) is 0.942. The molecule has 1 aliphatic carbocycles. The molecule has 0 saturated heterocycles.